The lowest BCUT2D eigenvalue weighted by Gasteiger charge is -2.41. The number of carboxylic acid groups (broad SMARTS) is 1. The Morgan fingerprint density at radius 1 is 1.09 bits per heavy atom. The minimum Gasteiger partial charge on any atom is -0.476 e. The van der Waals surface area contributed by atoms with E-state index in [1.807, 2.05) is 41.3 Å². The zero-order valence-corrected chi connectivity index (χ0v) is 25.1. The molecule has 1 fully saturated rings. The zero-order valence-electron chi connectivity index (χ0n) is 25.1. The summed E-state index contributed by atoms with van der Waals surface area (Å²) in [5.41, 5.74) is 6.94. The lowest BCUT2D eigenvalue weighted by molar-refractivity contribution is -0.128. The first-order valence-electron chi connectivity index (χ1n) is 15.2. The molecule has 3 aromatic rings. The smallest absolute Gasteiger partial charge is 0.356 e. The maximum Gasteiger partial charge on any atom is 0.356 e. The lowest BCUT2D eigenvalue weighted by atomic mass is 9.88. The molecule has 1 aromatic heterocycles. The van der Waals surface area contributed by atoms with Gasteiger partial charge >= 0.3 is 5.97 Å². The number of hydrogen-bond acceptors (Lipinski definition) is 8. The van der Waals surface area contributed by atoms with Crippen molar-refractivity contribution >= 4 is 23.4 Å². The van der Waals surface area contributed by atoms with E-state index in [1.165, 1.54) is 6.07 Å². The summed E-state index contributed by atoms with van der Waals surface area (Å²) in [4.78, 5) is 27.1. The summed E-state index contributed by atoms with van der Waals surface area (Å²) in [6.45, 7) is 3.80. The van der Waals surface area contributed by atoms with Crippen LogP contribution in [0, 0.1) is 16.7 Å². The molecule has 3 N–H and O–H groups in total. The van der Waals surface area contributed by atoms with Crippen LogP contribution in [0.5, 0.6) is 0 Å². The van der Waals surface area contributed by atoms with Crippen molar-refractivity contribution in [3.05, 3.63) is 88.3 Å². The molecule has 1 aliphatic carbocycles. The summed E-state index contributed by atoms with van der Waals surface area (Å²) >= 11 is 0. The normalized spacial score (nSPS) is 19.3. The van der Waals surface area contributed by atoms with Crippen LogP contribution in [0.3, 0.4) is 0 Å². The van der Waals surface area contributed by atoms with Gasteiger partial charge in [0.15, 0.2) is 5.69 Å². The van der Waals surface area contributed by atoms with Crippen LogP contribution in [0.1, 0.15) is 59.8 Å². The summed E-state index contributed by atoms with van der Waals surface area (Å²) < 4.78 is 6.17. The summed E-state index contributed by atoms with van der Waals surface area (Å²) in [5, 5.41) is 39.0. The van der Waals surface area contributed by atoms with Crippen molar-refractivity contribution in [3.8, 4) is 17.3 Å². The number of carboxylic acids is 1. The summed E-state index contributed by atoms with van der Waals surface area (Å²) in [7, 11) is 0. The molecule has 2 aliphatic heterocycles. The maximum atomic E-state index is 12.3. The van der Waals surface area contributed by atoms with Crippen molar-refractivity contribution in [3.63, 3.8) is 0 Å². The van der Waals surface area contributed by atoms with Crippen LogP contribution in [0.4, 0.5) is 5.69 Å². The van der Waals surface area contributed by atoms with Crippen LogP contribution in [0.25, 0.3) is 11.3 Å². The van der Waals surface area contributed by atoms with Gasteiger partial charge in [-0.3, -0.25) is 10.2 Å². The molecule has 1 saturated carbocycles. The van der Waals surface area contributed by atoms with Gasteiger partial charge in [0.25, 0.3) is 0 Å². The fourth-order valence-corrected chi connectivity index (χ4v) is 6.12. The Hall–Kier alpha value is -5.08. The molecule has 1 amide bonds. The Kier molecular flexibility index (Phi) is 8.58. The van der Waals surface area contributed by atoms with Gasteiger partial charge in [0.1, 0.15) is 5.84 Å². The van der Waals surface area contributed by atoms with Gasteiger partial charge in [0.2, 0.25) is 5.91 Å². The molecule has 0 spiro atoms. The number of aryl methyl sites for hydroxylation is 1. The van der Waals surface area contributed by atoms with Gasteiger partial charge in [0.05, 0.1) is 36.6 Å². The first-order valence-corrected chi connectivity index (χ1v) is 15.2. The molecular formula is C34H35N7O4. The predicted octanol–water partition coefficient (Wildman–Crippen LogP) is 4.29. The highest BCUT2D eigenvalue weighted by Gasteiger charge is 2.34. The first-order chi connectivity index (χ1) is 21.8. The van der Waals surface area contributed by atoms with Crippen LogP contribution >= 0.6 is 0 Å². The van der Waals surface area contributed by atoms with Crippen LogP contribution in [0.2, 0.25) is 0 Å². The molecule has 3 aliphatic rings. The fourth-order valence-electron chi connectivity index (χ4n) is 6.12. The Balaban J connectivity index is 1.07. The number of nitrogens with one attached hydrogen (secondary N) is 2. The summed E-state index contributed by atoms with van der Waals surface area (Å²) in [5.74, 6) is -0.690. The molecule has 2 aromatic carbocycles. The average Bonchev–Trinajstić information content (AvgIpc) is 3.05. The van der Waals surface area contributed by atoms with Gasteiger partial charge in [-0.1, -0.05) is 24.3 Å². The van der Waals surface area contributed by atoms with Crippen LogP contribution < -0.4 is 10.2 Å². The topological polar surface area (TPSA) is 156 Å². The fraction of sp³-hybridized carbons (Fsp3) is 0.353. The van der Waals surface area contributed by atoms with Gasteiger partial charge in [-0.2, -0.15) is 5.26 Å². The largest absolute Gasteiger partial charge is 0.476 e. The molecule has 11 nitrogen and oxygen atoms in total. The highest BCUT2D eigenvalue weighted by molar-refractivity contribution is 6.09. The summed E-state index contributed by atoms with van der Waals surface area (Å²) in [6.07, 6.45) is 4.28. The molecular weight excluding hydrogens is 570 g/mol. The van der Waals surface area contributed by atoms with Crippen molar-refractivity contribution in [2.45, 2.75) is 57.8 Å². The van der Waals surface area contributed by atoms with Crippen molar-refractivity contribution in [2.24, 2.45) is 0 Å². The van der Waals surface area contributed by atoms with Crippen molar-refractivity contribution < 1.29 is 19.4 Å². The number of aromatic carboxylic acids is 1. The molecule has 3 heterocycles. The van der Waals surface area contributed by atoms with Crippen LogP contribution in [0.15, 0.2) is 65.9 Å². The SMILES string of the molecule is CC(=O)N1CCC(NC2CC(OCc3ccc(-c4ccc(C(=O)O)nn4)cc3)C2)=C(C(=N)N2CCCc3cc(C#N)ccc32)C1. The van der Waals surface area contributed by atoms with E-state index in [0.29, 0.717) is 43.2 Å². The number of fused-ring (bicyclic) bond motifs is 1. The second kappa shape index (κ2) is 12.9. The Morgan fingerprint density at radius 2 is 1.89 bits per heavy atom. The van der Waals surface area contributed by atoms with Crippen molar-refractivity contribution in [1.29, 1.82) is 10.7 Å². The molecule has 45 heavy (non-hydrogen) atoms. The number of ether oxygens (including phenoxy) is 1. The van der Waals surface area contributed by atoms with E-state index in [0.717, 1.165) is 65.9 Å². The van der Waals surface area contributed by atoms with Crippen LogP contribution in [-0.2, 0) is 22.6 Å². The third-order valence-electron chi connectivity index (χ3n) is 8.77. The van der Waals surface area contributed by atoms with E-state index < -0.39 is 5.97 Å². The second-order valence-electron chi connectivity index (χ2n) is 11.8. The van der Waals surface area contributed by atoms with Gasteiger partial charge in [-0.15, -0.1) is 10.2 Å². The van der Waals surface area contributed by atoms with Crippen molar-refractivity contribution in [2.75, 3.05) is 24.5 Å². The molecule has 11 heteroatoms. The monoisotopic (exact) mass is 605 g/mol. The van der Waals surface area contributed by atoms with E-state index in [9.17, 15) is 20.3 Å². The highest BCUT2D eigenvalue weighted by Crippen LogP contribution is 2.32. The molecule has 0 saturated heterocycles. The van der Waals surface area contributed by atoms with E-state index in [4.69, 9.17) is 9.84 Å². The molecule has 0 radical (unpaired) electrons. The lowest BCUT2D eigenvalue weighted by Crippen LogP contribution is -2.49. The maximum absolute atomic E-state index is 12.3. The average molecular weight is 606 g/mol. The van der Waals surface area contributed by atoms with E-state index in [2.05, 4.69) is 21.6 Å². The molecule has 6 rings (SSSR count). The number of carbonyl (C=O) groups is 2. The Bertz CT molecular complexity index is 1690. The van der Waals surface area contributed by atoms with E-state index in [1.54, 1.807) is 24.0 Å². The Labute approximate surface area is 261 Å². The highest BCUT2D eigenvalue weighted by atomic mass is 16.5. The standard InChI is InChI=1S/C34H35N7O4/c1-21(42)40-14-12-30(28(19-40)33(36)41-13-2-3-25-15-23(18-35)6-11-32(25)41)37-26-16-27(17-26)45-20-22-4-7-24(8-5-22)29-9-10-31(34(43)44)39-38-29/h4-11,15,26-27,36-37H,2-3,12-14,16-17,19-20H2,1H3,(H,43,44). The second-order valence-corrected chi connectivity index (χ2v) is 11.8. The number of rotatable bonds is 8. The number of anilines is 1. The zero-order chi connectivity index (χ0) is 31.5. The van der Waals surface area contributed by atoms with Gasteiger partial charge in [-0.05, 0) is 67.1 Å². The number of nitrogens with zero attached hydrogens (tertiary/aromatic N) is 5. The Morgan fingerprint density at radius 3 is 2.58 bits per heavy atom. The number of nitriles is 1. The number of amidine groups is 1. The minimum atomic E-state index is -1.11. The summed E-state index contributed by atoms with van der Waals surface area (Å²) in [6, 6.07) is 19.0. The molecule has 0 unspecified atom stereocenters. The van der Waals surface area contributed by atoms with E-state index in [-0.39, 0.29) is 23.7 Å². The van der Waals surface area contributed by atoms with Gasteiger partial charge in [0, 0.05) is 55.0 Å². The molecule has 230 valence electrons. The third kappa shape index (κ3) is 6.56. The predicted molar refractivity (Wildman–Crippen MR) is 168 cm³/mol. The number of aromatic nitrogens is 2. The third-order valence-corrected chi connectivity index (χ3v) is 8.77. The first kappa shape index (κ1) is 30.0. The van der Waals surface area contributed by atoms with Crippen molar-refractivity contribution in [1.82, 2.24) is 20.4 Å². The van der Waals surface area contributed by atoms with E-state index >= 15 is 0 Å². The molecule has 0 atom stereocenters. The number of carbonyl (C=O) groups excluding carboxylic acids is 1. The quantitative estimate of drug-likeness (QED) is 0.252. The number of amides is 1. The number of hydrogen-bond donors (Lipinski definition) is 3. The molecule has 0 bridgehead atoms. The van der Waals surface area contributed by atoms with Gasteiger partial charge in [-0.25, -0.2) is 4.79 Å². The minimum absolute atomic E-state index is 0.00576. The van der Waals surface area contributed by atoms with Gasteiger partial charge < -0.3 is 25.0 Å². The van der Waals surface area contributed by atoms with Crippen LogP contribution in [-0.4, -0.2) is 69.7 Å². The number of benzene rings is 2.